The summed E-state index contributed by atoms with van der Waals surface area (Å²) in [5.41, 5.74) is 5.66. The van der Waals surface area contributed by atoms with Crippen LogP contribution in [0.4, 0.5) is 5.69 Å². The summed E-state index contributed by atoms with van der Waals surface area (Å²) in [6.45, 7) is 15.7. The van der Waals surface area contributed by atoms with Gasteiger partial charge in [-0.05, 0) is 65.6 Å². The van der Waals surface area contributed by atoms with E-state index < -0.39 is 16.1 Å². The molecule has 0 saturated carbocycles. The minimum atomic E-state index is -1.75. The second kappa shape index (κ2) is 15.4. The Morgan fingerprint density at radius 2 is 1.20 bits per heavy atom. The van der Waals surface area contributed by atoms with E-state index in [-0.39, 0.29) is 16.9 Å². The number of benzene rings is 5. The molecule has 6 aromatic rings. The first-order chi connectivity index (χ1) is 25.9. The van der Waals surface area contributed by atoms with Crippen LogP contribution in [-0.4, -0.2) is 20.3 Å². The summed E-state index contributed by atoms with van der Waals surface area (Å²) >= 11 is 0. The summed E-state index contributed by atoms with van der Waals surface area (Å²) in [4.78, 5) is 0. The topological polar surface area (TPSA) is 48.0 Å². The maximum absolute atomic E-state index is 7.54. The summed E-state index contributed by atoms with van der Waals surface area (Å²) in [7, 11) is 0.787. The van der Waals surface area contributed by atoms with E-state index in [1.807, 2.05) is 0 Å². The zero-order valence-corrected chi connectivity index (χ0v) is 34.9. The number of fused-ring (bicyclic) bond motifs is 4. The minimum Gasteiger partial charge on any atom is -0.497 e. The molecule has 0 spiro atoms. The van der Waals surface area contributed by atoms with Gasteiger partial charge in [-0.1, -0.05) is 152 Å². The van der Waals surface area contributed by atoms with Crippen LogP contribution in [-0.2, 0) is 10.8 Å². The predicted octanol–water partition coefficient (Wildman–Crippen LogP) is 12.5. The first-order valence-electron chi connectivity index (χ1n) is 19.0. The Bertz CT molecular complexity index is 2210. The van der Waals surface area contributed by atoms with Crippen molar-refractivity contribution in [2.75, 3.05) is 18.9 Å². The van der Waals surface area contributed by atoms with Gasteiger partial charge in [0, 0.05) is 27.2 Å². The van der Waals surface area contributed by atoms with Gasteiger partial charge in [0.2, 0.25) is 0 Å². The van der Waals surface area contributed by atoms with Crippen LogP contribution in [0, 0.1) is 0 Å². The number of nitrogens with zero attached hydrogens (tertiary/aromatic N) is 1. The number of ether oxygens (including phenoxy) is 2. The summed E-state index contributed by atoms with van der Waals surface area (Å²) in [5.74, 6) is 1.57. The fourth-order valence-electron chi connectivity index (χ4n) is 7.41. The van der Waals surface area contributed by atoms with Crippen LogP contribution in [0.3, 0.4) is 0 Å². The number of unbranched alkanes of at least 4 members (excludes halogenated alkanes) is 1. The Hall–Kier alpha value is -4.43. The van der Waals surface area contributed by atoms with Crippen molar-refractivity contribution in [2.24, 2.45) is 0 Å². The fourth-order valence-corrected chi connectivity index (χ4v) is 11.7. The van der Waals surface area contributed by atoms with E-state index in [1.165, 1.54) is 27.2 Å². The summed E-state index contributed by atoms with van der Waals surface area (Å²) in [6.07, 6.45) is 7.85. The number of rotatable bonds is 9. The van der Waals surface area contributed by atoms with Crippen molar-refractivity contribution in [3.05, 3.63) is 126 Å². The molecule has 0 fully saturated rings. The lowest BCUT2D eigenvalue weighted by atomic mass is 9.84. The number of hydrogen-bond acceptors (Lipinski definition) is 5. The molecule has 0 amide bonds. The molecule has 5 aromatic carbocycles. The van der Waals surface area contributed by atoms with Gasteiger partial charge in [0.15, 0.2) is 0 Å². The van der Waals surface area contributed by atoms with E-state index in [0.717, 1.165) is 63.8 Å². The molecular weight excluding hydrogens is 704 g/mol. The molecule has 0 N–H and O–H groups in total. The highest BCUT2D eigenvalue weighted by Crippen LogP contribution is 2.52. The van der Waals surface area contributed by atoms with Crippen LogP contribution in [0.1, 0.15) is 84.4 Å². The molecule has 0 radical (unpaired) electrons. The van der Waals surface area contributed by atoms with Gasteiger partial charge in [-0.3, -0.25) is 4.67 Å². The van der Waals surface area contributed by atoms with Crippen molar-refractivity contribution >= 4 is 65.7 Å². The quantitative estimate of drug-likeness (QED) is 0.137. The highest BCUT2D eigenvalue weighted by atomic mass is 31.1. The van der Waals surface area contributed by atoms with Crippen LogP contribution in [0.15, 0.2) is 118 Å². The van der Waals surface area contributed by atoms with Crippen LogP contribution in [0.25, 0.3) is 28.0 Å². The third-order valence-corrected chi connectivity index (χ3v) is 14.2. The van der Waals surface area contributed by atoms with Gasteiger partial charge in [0.25, 0.3) is 0 Å². The largest absolute Gasteiger partial charge is 0.497 e. The smallest absolute Gasteiger partial charge is 0.342 e. The number of methoxy groups -OCH3 is 2. The average Bonchev–Trinajstić information content (AvgIpc) is 3.33. The first-order valence-corrected chi connectivity index (χ1v) is 21.5. The molecule has 1 atom stereocenters. The second-order valence-corrected chi connectivity index (χ2v) is 19.6. The predicted molar refractivity (Wildman–Crippen MR) is 232 cm³/mol. The van der Waals surface area contributed by atoms with Crippen molar-refractivity contribution in [1.29, 1.82) is 0 Å². The third kappa shape index (κ3) is 7.34. The molecule has 1 aliphatic rings. The van der Waals surface area contributed by atoms with Crippen molar-refractivity contribution in [3.8, 4) is 11.5 Å². The Labute approximate surface area is 323 Å². The molecule has 1 aliphatic heterocycles. The molecule has 5 nitrogen and oxygen atoms in total. The van der Waals surface area contributed by atoms with Gasteiger partial charge in [-0.15, -0.1) is 0 Å². The fraction of sp³-hybridized carbons (Fsp3) is 0.319. The monoisotopic (exact) mass is 757 g/mol. The zero-order chi connectivity index (χ0) is 38.2. The number of hydrogen-bond donors (Lipinski definition) is 0. The van der Waals surface area contributed by atoms with E-state index in [4.69, 9.17) is 17.9 Å². The van der Waals surface area contributed by atoms with Gasteiger partial charge < -0.3 is 17.9 Å². The molecule has 7 heteroatoms. The molecule has 0 aliphatic carbocycles. The Morgan fingerprint density at radius 3 is 1.67 bits per heavy atom. The number of para-hydroxylation sites is 1. The summed E-state index contributed by atoms with van der Waals surface area (Å²) in [6, 6.07) is 37.3. The molecule has 1 unspecified atom stereocenters. The summed E-state index contributed by atoms with van der Waals surface area (Å²) in [5, 5.41) is 5.81. The van der Waals surface area contributed by atoms with Gasteiger partial charge >= 0.3 is 8.16 Å². The van der Waals surface area contributed by atoms with Crippen LogP contribution >= 0.6 is 16.1 Å². The van der Waals surface area contributed by atoms with Crippen LogP contribution < -0.4 is 30.1 Å². The van der Waals surface area contributed by atoms with Crippen molar-refractivity contribution < 1.29 is 17.9 Å². The maximum atomic E-state index is 7.54. The van der Waals surface area contributed by atoms with Crippen molar-refractivity contribution in [3.63, 3.8) is 0 Å². The van der Waals surface area contributed by atoms with Gasteiger partial charge in [0.05, 0.1) is 25.9 Å². The molecule has 0 saturated heterocycles. The lowest BCUT2D eigenvalue weighted by molar-refractivity contribution is 0.413. The minimum absolute atomic E-state index is 0.0609. The molecule has 54 heavy (non-hydrogen) atoms. The Morgan fingerprint density at radius 1 is 0.685 bits per heavy atom. The Balaban J connectivity index is 1.65. The molecule has 2 heterocycles. The third-order valence-electron chi connectivity index (χ3n) is 10.2. The average molecular weight is 758 g/mol. The van der Waals surface area contributed by atoms with E-state index in [1.54, 1.807) is 14.2 Å². The van der Waals surface area contributed by atoms with E-state index in [9.17, 15) is 0 Å². The molecule has 280 valence electrons. The molecule has 7 rings (SSSR count). The lowest BCUT2D eigenvalue weighted by Gasteiger charge is -2.36. The highest BCUT2D eigenvalue weighted by molar-refractivity contribution is 7.80. The van der Waals surface area contributed by atoms with Crippen molar-refractivity contribution in [2.45, 2.75) is 84.6 Å². The standard InChI is InChI=1S/C47H53NO4P2/c1-10-11-20-33-27-26-32-19-18-25-42(53(36-21-14-12-15-22-36)37-23-16-13-17-24-37)43(32)48(33)54-51-44-38(28-34(49-8)30-40(44)46(2,3)4)39-29-35(50-9)31-41(45(39)52-54)47(5,6)7/h12-19,21-31,33H,10-11,20H2,1-9H3. The highest BCUT2D eigenvalue weighted by Gasteiger charge is 2.34. The molecule has 0 bridgehead atoms. The maximum Gasteiger partial charge on any atom is 0.342 e. The molecule has 1 aromatic heterocycles. The SMILES string of the molecule is CCCCC1C=Cc2cccc(P(c3ccccc3)c3ccccc3)c2N1p1oc2c(C(C)(C)C)cc(OC)cc2c2cc(OC)cc(C(C)(C)C)c2o1. The van der Waals surface area contributed by atoms with Crippen LogP contribution in [0.5, 0.6) is 11.5 Å². The van der Waals surface area contributed by atoms with E-state index in [0.29, 0.717) is 0 Å². The van der Waals surface area contributed by atoms with Crippen LogP contribution in [0.2, 0.25) is 0 Å². The molecular formula is C47H53NO4P2. The van der Waals surface area contributed by atoms with E-state index in [2.05, 4.69) is 168 Å². The first kappa shape index (κ1) is 37.9. The number of anilines is 1. The van der Waals surface area contributed by atoms with E-state index >= 15 is 0 Å². The summed E-state index contributed by atoms with van der Waals surface area (Å²) < 4.78 is 29.5. The second-order valence-electron chi connectivity index (χ2n) is 16.2. The Kier molecular flexibility index (Phi) is 10.8. The van der Waals surface area contributed by atoms with Gasteiger partial charge in [-0.25, -0.2) is 0 Å². The van der Waals surface area contributed by atoms with Gasteiger partial charge in [-0.2, -0.15) is 0 Å². The van der Waals surface area contributed by atoms with Gasteiger partial charge in [0.1, 0.15) is 22.7 Å². The van der Waals surface area contributed by atoms with Crippen molar-refractivity contribution in [1.82, 2.24) is 0 Å². The normalized spacial score (nSPS) is 14.5. The zero-order valence-electron chi connectivity index (χ0n) is 33.1. The lowest BCUT2D eigenvalue weighted by Crippen LogP contribution is -2.35.